The molecular formula is C35H33N2O2+. The average molecular weight is 514 g/mol. The van der Waals surface area contributed by atoms with Gasteiger partial charge in [-0.25, -0.2) is 0 Å². The van der Waals surface area contributed by atoms with E-state index in [1.54, 1.807) is 7.11 Å². The third-order valence-corrected chi connectivity index (χ3v) is 8.99. The average Bonchev–Trinajstić information content (AvgIpc) is 2.94. The van der Waals surface area contributed by atoms with Crippen LogP contribution in [0.5, 0.6) is 0 Å². The summed E-state index contributed by atoms with van der Waals surface area (Å²) in [5.41, 5.74) is 8.64. The fourth-order valence-corrected chi connectivity index (χ4v) is 7.25. The number of methoxy groups -OCH3 is 1. The molecule has 0 saturated carbocycles. The molecule has 1 aliphatic carbocycles. The van der Waals surface area contributed by atoms with Crippen molar-refractivity contribution in [1.29, 1.82) is 0 Å². The van der Waals surface area contributed by atoms with E-state index < -0.39 is 0 Å². The van der Waals surface area contributed by atoms with Gasteiger partial charge in [0.25, 0.3) is 0 Å². The lowest BCUT2D eigenvalue weighted by atomic mass is 9.65. The van der Waals surface area contributed by atoms with Gasteiger partial charge in [-0.2, -0.15) is 4.57 Å². The van der Waals surface area contributed by atoms with E-state index in [0.29, 0.717) is 13.0 Å². The first-order chi connectivity index (χ1) is 18.9. The van der Waals surface area contributed by atoms with Gasteiger partial charge in [-0.3, -0.25) is 4.98 Å². The van der Waals surface area contributed by atoms with Crippen LogP contribution in [0.2, 0.25) is 0 Å². The second kappa shape index (κ2) is 8.75. The third kappa shape index (κ3) is 3.48. The van der Waals surface area contributed by atoms with E-state index in [2.05, 4.69) is 98.1 Å². The summed E-state index contributed by atoms with van der Waals surface area (Å²) in [6.07, 6.45) is 7.73. The van der Waals surface area contributed by atoms with Crippen LogP contribution in [0.1, 0.15) is 55.3 Å². The molecule has 39 heavy (non-hydrogen) atoms. The molecular weight excluding hydrogens is 480 g/mol. The zero-order chi connectivity index (χ0) is 26.9. The van der Waals surface area contributed by atoms with Gasteiger partial charge in [0.15, 0.2) is 12.2 Å². The summed E-state index contributed by atoms with van der Waals surface area (Å²) in [5.74, 6) is 0.397. The van der Waals surface area contributed by atoms with E-state index in [9.17, 15) is 5.11 Å². The molecule has 0 radical (unpaired) electrons. The van der Waals surface area contributed by atoms with Gasteiger partial charge >= 0.3 is 0 Å². The van der Waals surface area contributed by atoms with Crippen LogP contribution in [0.3, 0.4) is 0 Å². The monoisotopic (exact) mass is 513 g/mol. The number of aliphatic hydroxyl groups is 1. The quantitative estimate of drug-likeness (QED) is 0.186. The molecule has 5 aromatic rings. The van der Waals surface area contributed by atoms with Crippen LogP contribution in [0.4, 0.5) is 0 Å². The van der Waals surface area contributed by atoms with Gasteiger partial charge in [-0.05, 0) is 46.2 Å². The Bertz CT molecular complexity index is 1790. The molecule has 1 N–H and O–H groups in total. The molecule has 0 saturated heterocycles. The molecule has 0 bridgehead atoms. The number of ether oxygens (including phenoxy) is 1. The number of rotatable bonds is 6. The molecule has 3 heterocycles. The normalized spacial score (nSPS) is 18.4. The standard InChI is InChI=1S/C35H32N2O2/c1-21(38)16-30-26(14-15-39-4)27-13-12-24-18-36-19-29-31(24)32(27)34-33(35(29,2)3)28-17-23(22-8-6-5-7-9-22)10-11-25(28)20-37(30)34/h5-13,17-20,26,30H,1,14-16H2,2-4H3/p+1. The highest BCUT2D eigenvalue weighted by Crippen LogP contribution is 2.55. The van der Waals surface area contributed by atoms with Gasteiger partial charge in [0.1, 0.15) is 0 Å². The Morgan fingerprint density at radius 1 is 1.03 bits per heavy atom. The van der Waals surface area contributed by atoms with Crippen molar-refractivity contribution in [3.05, 3.63) is 108 Å². The molecule has 7 rings (SSSR count). The van der Waals surface area contributed by atoms with Gasteiger partial charge in [-0.1, -0.05) is 69.0 Å². The first kappa shape index (κ1) is 24.1. The van der Waals surface area contributed by atoms with E-state index >= 15 is 0 Å². The Morgan fingerprint density at radius 2 is 1.82 bits per heavy atom. The highest BCUT2D eigenvalue weighted by molar-refractivity contribution is 6.06. The maximum Gasteiger partial charge on any atom is 0.218 e. The predicted molar refractivity (Wildman–Crippen MR) is 157 cm³/mol. The number of aromatic nitrogens is 2. The largest absolute Gasteiger partial charge is 0.513 e. The van der Waals surface area contributed by atoms with Gasteiger partial charge in [0.05, 0.1) is 17.7 Å². The van der Waals surface area contributed by atoms with Crippen LogP contribution in [-0.4, -0.2) is 23.8 Å². The number of hydrogen-bond acceptors (Lipinski definition) is 3. The molecule has 0 fully saturated rings. The minimum atomic E-state index is -0.274. The number of hydrogen-bond donors (Lipinski definition) is 1. The molecule has 4 nitrogen and oxygen atoms in total. The van der Waals surface area contributed by atoms with E-state index in [-0.39, 0.29) is 23.1 Å². The number of aliphatic hydroxyl groups excluding tert-OH is 1. The maximum absolute atomic E-state index is 10.5. The lowest BCUT2D eigenvalue weighted by Gasteiger charge is -2.39. The fourth-order valence-electron chi connectivity index (χ4n) is 7.25. The summed E-state index contributed by atoms with van der Waals surface area (Å²) < 4.78 is 8.03. The second-order valence-electron chi connectivity index (χ2n) is 11.6. The van der Waals surface area contributed by atoms with E-state index in [1.807, 2.05) is 6.20 Å². The number of nitrogens with zero attached hydrogens (tertiary/aromatic N) is 2. The highest BCUT2D eigenvalue weighted by Gasteiger charge is 2.49. The number of pyridine rings is 2. The molecule has 2 aliphatic rings. The molecule has 2 unspecified atom stereocenters. The highest BCUT2D eigenvalue weighted by atomic mass is 16.5. The fraction of sp³-hybridized carbons (Fsp3) is 0.257. The predicted octanol–water partition coefficient (Wildman–Crippen LogP) is 7.79. The molecule has 0 amide bonds. The van der Waals surface area contributed by atoms with E-state index in [0.717, 1.165) is 6.42 Å². The smallest absolute Gasteiger partial charge is 0.218 e. The summed E-state index contributed by atoms with van der Waals surface area (Å²) in [6.45, 7) is 9.24. The Hall–Kier alpha value is -4.02. The van der Waals surface area contributed by atoms with Crippen molar-refractivity contribution in [2.45, 2.75) is 44.1 Å². The van der Waals surface area contributed by atoms with Crippen molar-refractivity contribution < 1.29 is 14.4 Å². The van der Waals surface area contributed by atoms with Crippen molar-refractivity contribution in [3.8, 4) is 22.4 Å². The molecule has 1 aliphatic heterocycles. The third-order valence-electron chi connectivity index (χ3n) is 8.99. The molecule has 194 valence electrons. The molecule has 0 spiro atoms. The van der Waals surface area contributed by atoms with E-state index in [1.165, 1.54) is 60.6 Å². The van der Waals surface area contributed by atoms with Crippen molar-refractivity contribution in [1.82, 2.24) is 4.98 Å². The molecule has 2 aromatic heterocycles. The van der Waals surface area contributed by atoms with Crippen LogP contribution >= 0.6 is 0 Å². The molecule has 2 atom stereocenters. The lowest BCUT2D eigenvalue weighted by molar-refractivity contribution is -0.717. The van der Waals surface area contributed by atoms with Crippen LogP contribution in [0.15, 0.2) is 91.6 Å². The Balaban J connectivity index is 1.63. The Morgan fingerprint density at radius 3 is 2.59 bits per heavy atom. The summed E-state index contributed by atoms with van der Waals surface area (Å²) >= 11 is 0. The number of benzene rings is 3. The zero-order valence-electron chi connectivity index (χ0n) is 22.7. The van der Waals surface area contributed by atoms with Crippen molar-refractivity contribution in [2.24, 2.45) is 0 Å². The minimum absolute atomic E-state index is 0.0359. The molecule has 3 aromatic carbocycles. The van der Waals surface area contributed by atoms with Crippen molar-refractivity contribution in [2.75, 3.05) is 13.7 Å². The maximum atomic E-state index is 10.5. The topological polar surface area (TPSA) is 46.2 Å². The summed E-state index contributed by atoms with van der Waals surface area (Å²) in [6, 6.07) is 22.0. The van der Waals surface area contributed by atoms with Crippen LogP contribution in [-0.2, 0) is 10.2 Å². The Labute approximate surface area is 229 Å². The Kier molecular flexibility index (Phi) is 5.40. The summed E-state index contributed by atoms with van der Waals surface area (Å²) in [5, 5.41) is 15.4. The minimum Gasteiger partial charge on any atom is -0.513 e. The van der Waals surface area contributed by atoms with Crippen molar-refractivity contribution >= 4 is 21.5 Å². The zero-order valence-corrected chi connectivity index (χ0v) is 22.7. The number of fused-ring (bicyclic) bond motifs is 2. The van der Waals surface area contributed by atoms with E-state index in [4.69, 9.17) is 9.72 Å². The van der Waals surface area contributed by atoms with Gasteiger partial charge < -0.3 is 9.84 Å². The second-order valence-corrected chi connectivity index (χ2v) is 11.6. The van der Waals surface area contributed by atoms with Crippen LogP contribution in [0, 0.1) is 0 Å². The van der Waals surface area contributed by atoms with Gasteiger partial charge in [-0.15, -0.1) is 0 Å². The lowest BCUT2D eigenvalue weighted by Crippen LogP contribution is -2.50. The van der Waals surface area contributed by atoms with Gasteiger partial charge in [0, 0.05) is 59.2 Å². The summed E-state index contributed by atoms with van der Waals surface area (Å²) in [4.78, 5) is 4.69. The SMILES string of the molecule is C=C(O)CC1C(CCOC)c2ccc3cncc4c3c2-c2c(c3cc(-c5ccccc5)ccc3c[n+]21)C4(C)C. The van der Waals surface area contributed by atoms with Gasteiger partial charge in [0.2, 0.25) is 5.69 Å². The summed E-state index contributed by atoms with van der Waals surface area (Å²) in [7, 11) is 1.76. The van der Waals surface area contributed by atoms with Crippen LogP contribution < -0.4 is 4.57 Å². The van der Waals surface area contributed by atoms with Crippen molar-refractivity contribution in [3.63, 3.8) is 0 Å². The number of allylic oxidation sites excluding steroid dienone is 1. The first-order valence-electron chi connectivity index (χ1n) is 13.7. The first-order valence-corrected chi connectivity index (χ1v) is 13.7. The van der Waals surface area contributed by atoms with Crippen LogP contribution in [0.25, 0.3) is 43.9 Å². The molecule has 4 heteroatoms.